The minimum Gasteiger partial charge on any atom is -0.355 e. The summed E-state index contributed by atoms with van der Waals surface area (Å²) in [6.07, 6.45) is 0. The zero-order valence-electron chi connectivity index (χ0n) is 16.6. The van der Waals surface area contributed by atoms with Gasteiger partial charge < -0.3 is 20.9 Å². The summed E-state index contributed by atoms with van der Waals surface area (Å²) in [5, 5.41) is 8.03. The molecule has 7 heteroatoms. The molecule has 2 aromatic rings. The Morgan fingerprint density at radius 3 is 2.04 bits per heavy atom. The van der Waals surface area contributed by atoms with E-state index < -0.39 is 0 Å². The van der Waals surface area contributed by atoms with Crippen LogP contribution in [0.15, 0.2) is 48.5 Å². The molecule has 0 aromatic heterocycles. The van der Waals surface area contributed by atoms with Crippen molar-refractivity contribution in [2.75, 3.05) is 19.4 Å². The minimum absolute atomic E-state index is 0.0416. The summed E-state index contributed by atoms with van der Waals surface area (Å²) in [4.78, 5) is 37.5. The highest BCUT2D eigenvalue weighted by Crippen LogP contribution is 2.13. The second kappa shape index (κ2) is 9.55. The van der Waals surface area contributed by atoms with Crippen molar-refractivity contribution in [3.8, 4) is 0 Å². The predicted molar refractivity (Wildman–Crippen MR) is 109 cm³/mol. The summed E-state index contributed by atoms with van der Waals surface area (Å²) in [5.41, 5.74) is 2.64. The van der Waals surface area contributed by atoms with Crippen LogP contribution in [-0.2, 0) is 6.54 Å². The molecule has 0 unspecified atom stereocenters. The number of rotatable bonds is 6. The number of anilines is 1. The molecule has 2 aromatic carbocycles. The molecule has 0 saturated carbocycles. The molecule has 0 aliphatic rings. The minimum atomic E-state index is -0.286. The molecular formula is C21H26N4O3. The van der Waals surface area contributed by atoms with Crippen molar-refractivity contribution >= 4 is 23.5 Å². The Morgan fingerprint density at radius 1 is 0.929 bits per heavy atom. The lowest BCUT2D eigenvalue weighted by molar-refractivity contribution is 0.0784. The Bertz CT molecular complexity index is 830. The first-order valence-electron chi connectivity index (χ1n) is 9.04. The Labute approximate surface area is 165 Å². The maximum Gasteiger partial charge on any atom is 0.319 e. The smallest absolute Gasteiger partial charge is 0.319 e. The number of carbonyl (C=O) groups excluding carboxylic acids is 3. The Kier molecular flexibility index (Phi) is 7.14. The van der Waals surface area contributed by atoms with Crippen LogP contribution in [0.1, 0.15) is 40.1 Å². The van der Waals surface area contributed by atoms with Crippen molar-refractivity contribution in [2.45, 2.75) is 26.4 Å². The van der Waals surface area contributed by atoms with E-state index >= 15 is 0 Å². The van der Waals surface area contributed by atoms with Crippen molar-refractivity contribution < 1.29 is 14.4 Å². The molecule has 28 heavy (non-hydrogen) atoms. The summed E-state index contributed by atoms with van der Waals surface area (Å²) in [6, 6.07) is 13.6. The van der Waals surface area contributed by atoms with Crippen LogP contribution in [0, 0.1) is 0 Å². The summed E-state index contributed by atoms with van der Waals surface area (Å²) in [5.74, 6) is -0.277. The fourth-order valence-corrected chi connectivity index (χ4v) is 2.60. The number of hydrogen-bond acceptors (Lipinski definition) is 3. The van der Waals surface area contributed by atoms with Crippen molar-refractivity contribution in [2.24, 2.45) is 0 Å². The van der Waals surface area contributed by atoms with Crippen LogP contribution in [0.5, 0.6) is 0 Å². The molecule has 0 aliphatic heterocycles. The van der Waals surface area contributed by atoms with E-state index in [4.69, 9.17) is 0 Å². The largest absolute Gasteiger partial charge is 0.355 e. The standard InChI is InChI=1S/C21H26N4O3/c1-14(2)23-21(28)24-18-11-9-17(10-12-18)20(27)25(4)13-15-5-7-16(8-6-15)19(26)22-3/h5-12,14H,13H2,1-4H3,(H,22,26)(H2,23,24,28). The number of nitrogens with zero attached hydrogens (tertiary/aromatic N) is 1. The van der Waals surface area contributed by atoms with Crippen molar-refractivity contribution in [3.05, 3.63) is 65.2 Å². The molecule has 148 valence electrons. The van der Waals surface area contributed by atoms with E-state index in [1.807, 2.05) is 26.0 Å². The number of nitrogens with one attached hydrogen (secondary N) is 3. The fourth-order valence-electron chi connectivity index (χ4n) is 2.60. The van der Waals surface area contributed by atoms with Crippen LogP contribution in [0.4, 0.5) is 10.5 Å². The number of carbonyl (C=O) groups is 3. The Balaban J connectivity index is 1.97. The predicted octanol–water partition coefficient (Wildman–Crippen LogP) is 2.85. The van der Waals surface area contributed by atoms with Crippen LogP contribution < -0.4 is 16.0 Å². The van der Waals surface area contributed by atoms with E-state index in [-0.39, 0.29) is 23.9 Å². The van der Waals surface area contributed by atoms with E-state index in [0.29, 0.717) is 23.4 Å². The molecule has 2 rings (SSSR count). The molecule has 0 radical (unpaired) electrons. The summed E-state index contributed by atoms with van der Waals surface area (Å²) in [6.45, 7) is 4.18. The zero-order valence-corrected chi connectivity index (χ0v) is 16.6. The van der Waals surface area contributed by atoms with Crippen LogP contribution in [0.25, 0.3) is 0 Å². The molecule has 0 aliphatic carbocycles. The average Bonchev–Trinajstić information content (AvgIpc) is 2.67. The number of amides is 4. The van der Waals surface area contributed by atoms with Gasteiger partial charge in [-0.1, -0.05) is 12.1 Å². The molecule has 0 heterocycles. The van der Waals surface area contributed by atoms with Gasteiger partial charge in [0.05, 0.1) is 0 Å². The van der Waals surface area contributed by atoms with Gasteiger partial charge in [0.2, 0.25) is 0 Å². The van der Waals surface area contributed by atoms with Crippen LogP contribution >= 0.6 is 0 Å². The lowest BCUT2D eigenvalue weighted by Gasteiger charge is -2.18. The molecule has 7 nitrogen and oxygen atoms in total. The van der Waals surface area contributed by atoms with Gasteiger partial charge in [-0.15, -0.1) is 0 Å². The fraction of sp³-hybridized carbons (Fsp3) is 0.286. The molecule has 3 N–H and O–H groups in total. The van der Waals surface area contributed by atoms with Crippen LogP contribution in [0.3, 0.4) is 0 Å². The van der Waals surface area contributed by atoms with E-state index in [0.717, 1.165) is 5.56 Å². The molecule has 0 atom stereocenters. The maximum absolute atomic E-state index is 12.6. The first kappa shape index (κ1) is 21.0. The highest BCUT2D eigenvalue weighted by Gasteiger charge is 2.13. The van der Waals surface area contributed by atoms with Gasteiger partial charge in [-0.25, -0.2) is 4.79 Å². The van der Waals surface area contributed by atoms with Gasteiger partial charge in [-0.2, -0.15) is 0 Å². The molecule has 0 spiro atoms. The third-order valence-electron chi connectivity index (χ3n) is 4.02. The van der Waals surface area contributed by atoms with Gasteiger partial charge >= 0.3 is 6.03 Å². The Hall–Kier alpha value is -3.35. The maximum atomic E-state index is 12.6. The van der Waals surface area contributed by atoms with Gasteiger partial charge in [0, 0.05) is 43.5 Å². The van der Waals surface area contributed by atoms with Crippen molar-refractivity contribution in [1.82, 2.24) is 15.5 Å². The number of hydrogen-bond donors (Lipinski definition) is 3. The third-order valence-corrected chi connectivity index (χ3v) is 4.02. The van der Waals surface area contributed by atoms with Crippen molar-refractivity contribution in [3.63, 3.8) is 0 Å². The molecule has 0 bridgehead atoms. The molecule has 0 fully saturated rings. The lowest BCUT2D eigenvalue weighted by Crippen LogP contribution is -2.34. The summed E-state index contributed by atoms with van der Waals surface area (Å²) in [7, 11) is 3.30. The van der Waals surface area contributed by atoms with E-state index in [2.05, 4.69) is 16.0 Å². The van der Waals surface area contributed by atoms with E-state index in [9.17, 15) is 14.4 Å². The topological polar surface area (TPSA) is 90.5 Å². The highest BCUT2D eigenvalue weighted by molar-refractivity contribution is 5.95. The van der Waals surface area contributed by atoms with Crippen molar-refractivity contribution in [1.29, 1.82) is 0 Å². The highest BCUT2D eigenvalue weighted by atomic mass is 16.2. The van der Waals surface area contributed by atoms with Gasteiger partial charge in [0.25, 0.3) is 11.8 Å². The summed E-state index contributed by atoms with van der Waals surface area (Å²) >= 11 is 0. The number of benzene rings is 2. The summed E-state index contributed by atoms with van der Waals surface area (Å²) < 4.78 is 0. The molecular weight excluding hydrogens is 356 g/mol. The van der Waals surface area contributed by atoms with E-state index in [1.165, 1.54) is 0 Å². The Morgan fingerprint density at radius 2 is 1.50 bits per heavy atom. The van der Waals surface area contributed by atoms with Gasteiger partial charge in [0.1, 0.15) is 0 Å². The molecule has 4 amide bonds. The monoisotopic (exact) mass is 382 g/mol. The second-order valence-electron chi connectivity index (χ2n) is 6.77. The zero-order chi connectivity index (χ0) is 20.7. The van der Waals surface area contributed by atoms with Gasteiger partial charge in [0.15, 0.2) is 0 Å². The van der Waals surface area contributed by atoms with Crippen LogP contribution in [-0.4, -0.2) is 42.9 Å². The molecule has 0 saturated heterocycles. The van der Waals surface area contributed by atoms with Gasteiger partial charge in [-0.3, -0.25) is 9.59 Å². The second-order valence-corrected chi connectivity index (χ2v) is 6.77. The SMILES string of the molecule is CNC(=O)c1ccc(CN(C)C(=O)c2ccc(NC(=O)NC(C)C)cc2)cc1. The van der Waals surface area contributed by atoms with Crippen LogP contribution in [0.2, 0.25) is 0 Å². The third kappa shape index (κ3) is 5.84. The van der Waals surface area contributed by atoms with E-state index in [1.54, 1.807) is 55.4 Å². The first-order valence-corrected chi connectivity index (χ1v) is 9.04. The lowest BCUT2D eigenvalue weighted by atomic mass is 10.1. The quantitative estimate of drug-likeness (QED) is 0.717. The van der Waals surface area contributed by atoms with Gasteiger partial charge in [-0.05, 0) is 55.8 Å². The average molecular weight is 382 g/mol. The normalized spacial score (nSPS) is 10.3. The first-order chi connectivity index (χ1) is 13.3. The number of urea groups is 1.